The summed E-state index contributed by atoms with van der Waals surface area (Å²) in [5, 5.41) is 5.49. The second-order valence-corrected chi connectivity index (χ2v) is 3.92. The average Bonchev–Trinajstić information content (AvgIpc) is 2.27. The zero-order valence-electron chi connectivity index (χ0n) is 9.58. The standard InChI is InChI=1S/C13H16N2O/c1-4-11-7-5-6-8-12(11)15-13(16)14-9-10(2)3/h1,5-8,10H,9H2,2-3H3,(H2,14,15,16). The Morgan fingerprint density at radius 3 is 2.75 bits per heavy atom. The van der Waals surface area contributed by atoms with Gasteiger partial charge in [0.05, 0.1) is 5.69 Å². The van der Waals surface area contributed by atoms with Crippen LogP contribution in [0.4, 0.5) is 10.5 Å². The van der Waals surface area contributed by atoms with Gasteiger partial charge >= 0.3 is 6.03 Å². The van der Waals surface area contributed by atoms with Gasteiger partial charge in [0.25, 0.3) is 0 Å². The van der Waals surface area contributed by atoms with Gasteiger partial charge in [0, 0.05) is 12.1 Å². The predicted octanol–water partition coefficient (Wildman–Crippen LogP) is 2.45. The Labute approximate surface area is 96.2 Å². The summed E-state index contributed by atoms with van der Waals surface area (Å²) in [6, 6.07) is 7.02. The van der Waals surface area contributed by atoms with Crippen LogP contribution in [0.25, 0.3) is 0 Å². The molecule has 1 rings (SSSR count). The van der Waals surface area contributed by atoms with E-state index in [1.165, 1.54) is 0 Å². The molecule has 1 aromatic carbocycles. The van der Waals surface area contributed by atoms with Crippen molar-refractivity contribution in [1.82, 2.24) is 5.32 Å². The molecule has 0 atom stereocenters. The van der Waals surface area contributed by atoms with Crippen molar-refractivity contribution in [2.75, 3.05) is 11.9 Å². The van der Waals surface area contributed by atoms with Gasteiger partial charge in [-0.1, -0.05) is 31.9 Å². The van der Waals surface area contributed by atoms with Gasteiger partial charge in [0.15, 0.2) is 0 Å². The van der Waals surface area contributed by atoms with Crippen LogP contribution in [0.15, 0.2) is 24.3 Å². The summed E-state index contributed by atoms with van der Waals surface area (Å²) in [5.74, 6) is 2.95. The Bertz CT molecular complexity index is 405. The number of carbonyl (C=O) groups is 1. The number of amides is 2. The zero-order valence-corrected chi connectivity index (χ0v) is 9.58. The number of benzene rings is 1. The first-order valence-corrected chi connectivity index (χ1v) is 5.24. The van der Waals surface area contributed by atoms with E-state index in [9.17, 15) is 4.79 Å². The molecule has 1 aromatic rings. The molecule has 2 amide bonds. The highest BCUT2D eigenvalue weighted by Crippen LogP contribution is 2.12. The van der Waals surface area contributed by atoms with Crippen molar-refractivity contribution in [3.8, 4) is 12.3 Å². The Hall–Kier alpha value is -1.95. The van der Waals surface area contributed by atoms with Crippen molar-refractivity contribution in [2.45, 2.75) is 13.8 Å². The van der Waals surface area contributed by atoms with E-state index in [0.717, 1.165) is 0 Å². The molecule has 0 heterocycles. The minimum Gasteiger partial charge on any atom is -0.338 e. The molecular weight excluding hydrogens is 200 g/mol. The molecule has 0 radical (unpaired) electrons. The van der Waals surface area contributed by atoms with Gasteiger partial charge in [-0.15, -0.1) is 6.42 Å². The molecule has 3 heteroatoms. The van der Waals surface area contributed by atoms with Gasteiger partial charge in [0.2, 0.25) is 0 Å². The highest BCUT2D eigenvalue weighted by atomic mass is 16.2. The SMILES string of the molecule is C#Cc1ccccc1NC(=O)NCC(C)C. The van der Waals surface area contributed by atoms with Crippen LogP contribution in [0.3, 0.4) is 0 Å². The number of anilines is 1. The van der Waals surface area contributed by atoms with Crippen LogP contribution in [0.2, 0.25) is 0 Å². The molecule has 16 heavy (non-hydrogen) atoms. The molecule has 0 bridgehead atoms. The lowest BCUT2D eigenvalue weighted by Gasteiger charge is -2.10. The maximum atomic E-state index is 11.5. The normalized spacial score (nSPS) is 9.62. The van der Waals surface area contributed by atoms with E-state index in [4.69, 9.17) is 6.42 Å². The summed E-state index contributed by atoms with van der Waals surface area (Å²) in [6.07, 6.45) is 5.33. The van der Waals surface area contributed by atoms with E-state index in [2.05, 4.69) is 16.6 Å². The molecule has 0 aliphatic heterocycles. The van der Waals surface area contributed by atoms with Crippen molar-refractivity contribution in [3.63, 3.8) is 0 Å². The Kier molecular flexibility index (Phi) is 4.41. The fourth-order valence-electron chi connectivity index (χ4n) is 1.18. The highest BCUT2D eigenvalue weighted by molar-refractivity contribution is 5.90. The summed E-state index contributed by atoms with van der Waals surface area (Å²) in [7, 11) is 0. The molecular formula is C13H16N2O. The molecule has 84 valence electrons. The molecule has 0 aliphatic carbocycles. The first-order chi connectivity index (χ1) is 7.63. The van der Waals surface area contributed by atoms with Gasteiger partial charge in [-0.05, 0) is 18.1 Å². The zero-order chi connectivity index (χ0) is 12.0. The van der Waals surface area contributed by atoms with Crippen LogP contribution in [-0.4, -0.2) is 12.6 Å². The van der Waals surface area contributed by atoms with E-state index in [1.807, 2.05) is 26.0 Å². The van der Waals surface area contributed by atoms with Gasteiger partial charge in [0.1, 0.15) is 0 Å². The monoisotopic (exact) mass is 216 g/mol. The second kappa shape index (κ2) is 5.82. The Balaban J connectivity index is 2.60. The lowest BCUT2D eigenvalue weighted by molar-refractivity contribution is 0.251. The minimum atomic E-state index is -0.226. The highest BCUT2D eigenvalue weighted by Gasteiger charge is 2.04. The summed E-state index contributed by atoms with van der Waals surface area (Å²) >= 11 is 0. The van der Waals surface area contributed by atoms with E-state index in [0.29, 0.717) is 23.7 Å². The first kappa shape index (κ1) is 12.1. The van der Waals surface area contributed by atoms with E-state index in [1.54, 1.807) is 12.1 Å². The maximum Gasteiger partial charge on any atom is 0.319 e. The van der Waals surface area contributed by atoms with Crippen LogP contribution < -0.4 is 10.6 Å². The fraction of sp³-hybridized carbons (Fsp3) is 0.308. The van der Waals surface area contributed by atoms with Crippen molar-refractivity contribution in [3.05, 3.63) is 29.8 Å². The van der Waals surface area contributed by atoms with E-state index < -0.39 is 0 Å². The first-order valence-electron chi connectivity index (χ1n) is 5.24. The van der Waals surface area contributed by atoms with Crippen molar-refractivity contribution >= 4 is 11.7 Å². The topological polar surface area (TPSA) is 41.1 Å². The third-order valence-corrected chi connectivity index (χ3v) is 2.00. The molecule has 0 spiro atoms. The van der Waals surface area contributed by atoms with Gasteiger partial charge in [-0.3, -0.25) is 0 Å². The lowest BCUT2D eigenvalue weighted by atomic mass is 10.2. The Morgan fingerprint density at radius 1 is 1.44 bits per heavy atom. The summed E-state index contributed by atoms with van der Waals surface area (Å²) in [4.78, 5) is 11.5. The third kappa shape index (κ3) is 3.66. The number of terminal acetylenes is 1. The number of hydrogen-bond acceptors (Lipinski definition) is 1. The number of carbonyl (C=O) groups excluding carboxylic acids is 1. The smallest absolute Gasteiger partial charge is 0.319 e. The molecule has 0 aromatic heterocycles. The molecule has 0 saturated carbocycles. The van der Waals surface area contributed by atoms with Crippen molar-refractivity contribution in [2.24, 2.45) is 5.92 Å². The molecule has 0 aliphatic rings. The van der Waals surface area contributed by atoms with E-state index >= 15 is 0 Å². The minimum absolute atomic E-state index is 0.226. The largest absolute Gasteiger partial charge is 0.338 e. The molecule has 2 N–H and O–H groups in total. The molecule has 0 unspecified atom stereocenters. The number of hydrogen-bond donors (Lipinski definition) is 2. The summed E-state index contributed by atoms with van der Waals surface area (Å²) in [5.41, 5.74) is 1.34. The number of para-hydroxylation sites is 1. The summed E-state index contributed by atoms with van der Waals surface area (Å²) < 4.78 is 0. The number of rotatable bonds is 3. The number of nitrogens with one attached hydrogen (secondary N) is 2. The van der Waals surface area contributed by atoms with Crippen molar-refractivity contribution < 1.29 is 4.79 Å². The third-order valence-electron chi connectivity index (χ3n) is 2.00. The van der Waals surface area contributed by atoms with E-state index in [-0.39, 0.29) is 6.03 Å². The fourth-order valence-corrected chi connectivity index (χ4v) is 1.18. The number of urea groups is 1. The molecule has 0 fully saturated rings. The van der Waals surface area contributed by atoms with Crippen LogP contribution >= 0.6 is 0 Å². The average molecular weight is 216 g/mol. The second-order valence-electron chi connectivity index (χ2n) is 3.92. The van der Waals surface area contributed by atoms with Crippen LogP contribution in [0.5, 0.6) is 0 Å². The van der Waals surface area contributed by atoms with Gasteiger partial charge in [-0.25, -0.2) is 4.79 Å². The quantitative estimate of drug-likeness (QED) is 0.749. The predicted molar refractivity (Wildman–Crippen MR) is 66.2 cm³/mol. The van der Waals surface area contributed by atoms with Crippen LogP contribution in [-0.2, 0) is 0 Å². The van der Waals surface area contributed by atoms with Crippen LogP contribution in [0.1, 0.15) is 19.4 Å². The summed E-state index contributed by atoms with van der Waals surface area (Å²) in [6.45, 7) is 4.72. The molecule has 3 nitrogen and oxygen atoms in total. The van der Waals surface area contributed by atoms with Crippen LogP contribution in [0, 0.1) is 18.3 Å². The van der Waals surface area contributed by atoms with Crippen molar-refractivity contribution in [1.29, 1.82) is 0 Å². The van der Waals surface area contributed by atoms with Gasteiger partial charge < -0.3 is 10.6 Å². The lowest BCUT2D eigenvalue weighted by Crippen LogP contribution is -2.31. The Morgan fingerprint density at radius 2 is 2.12 bits per heavy atom. The van der Waals surface area contributed by atoms with Gasteiger partial charge in [-0.2, -0.15) is 0 Å². The maximum absolute atomic E-state index is 11.5. The molecule has 0 saturated heterocycles.